The summed E-state index contributed by atoms with van der Waals surface area (Å²) in [6.07, 6.45) is 3.20. The van der Waals surface area contributed by atoms with Crippen molar-refractivity contribution in [2.24, 2.45) is 0 Å². The van der Waals surface area contributed by atoms with Crippen molar-refractivity contribution < 1.29 is 23.9 Å². The molecule has 1 saturated carbocycles. The zero-order chi connectivity index (χ0) is 23.9. The molecule has 5 rings (SSSR count). The standard InChI is InChI=1S/C26H25N3O5/c1-3-34-25(32)22-21-12-15-28(18-6-4-17(5-7-18)26(16-30)13-14-26)24(31)23(21)29(27-22)19-8-10-20(33-2)11-9-19/h4-11,16H,3,12-15H2,1-2H3. The quantitative estimate of drug-likeness (QED) is 0.397. The number of carbonyl (C=O) groups excluding carboxylic acids is 3. The highest BCUT2D eigenvalue weighted by molar-refractivity contribution is 6.09. The average molecular weight is 460 g/mol. The number of amides is 1. The summed E-state index contributed by atoms with van der Waals surface area (Å²) in [7, 11) is 1.58. The highest BCUT2D eigenvalue weighted by Gasteiger charge is 2.44. The van der Waals surface area contributed by atoms with Crippen molar-refractivity contribution in [3.63, 3.8) is 0 Å². The summed E-state index contributed by atoms with van der Waals surface area (Å²) in [5.41, 5.74) is 3.09. The van der Waals surface area contributed by atoms with Gasteiger partial charge in [0.05, 0.1) is 24.8 Å². The van der Waals surface area contributed by atoms with E-state index in [9.17, 15) is 14.4 Å². The average Bonchev–Trinajstić information content (AvgIpc) is 3.58. The predicted octanol–water partition coefficient (Wildman–Crippen LogP) is 3.49. The number of ether oxygens (including phenoxy) is 2. The molecule has 1 fully saturated rings. The van der Waals surface area contributed by atoms with Crippen LogP contribution >= 0.6 is 0 Å². The number of aromatic nitrogens is 2. The molecule has 2 aromatic carbocycles. The molecule has 0 bridgehead atoms. The first-order valence-corrected chi connectivity index (χ1v) is 11.3. The van der Waals surface area contributed by atoms with E-state index in [0.29, 0.717) is 35.7 Å². The molecule has 8 heteroatoms. The summed E-state index contributed by atoms with van der Waals surface area (Å²) < 4.78 is 11.9. The van der Waals surface area contributed by atoms with Crippen LogP contribution in [0.4, 0.5) is 5.69 Å². The van der Waals surface area contributed by atoms with Crippen LogP contribution in [-0.4, -0.2) is 48.2 Å². The number of hydrogen-bond acceptors (Lipinski definition) is 6. The van der Waals surface area contributed by atoms with Crippen molar-refractivity contribution in [2.45, 2.75) is 31.6 Å². The van der Waals surface area contributed by atoms with Crippen LogP contribution in [0.2, 0.25) is 0 Å². The van der Waals surface area contributed by atoms with Crippen molar-refractivity contribution >= 4 is 23.9 Å². The lowest BCUT2D eigenvalue weighted by atomic mass is 9.97. The van der Waals surface area contributed by atoms with Crippen LogP contribution in [0.1, 0.15) is 51.9 Å². The van der Waals surface area contributed by atoms with Gasteiger partial charge in [0.1, 0.15) is 17.7 Å². The van der Waals surface area contributed by atoms with Gasteiger partial charge in [0.2, 0.25) is 0 Å². The number of benzene rings is 2. The van der Waals surface area contributed by atoms with Gasteiger partial charge in [-0.15, -0.1) is 0 Å². The molecule has 174 valence electrons. The zero-order valence-corrected chi connectivity index (χ0v) is 19.1. The van der Waals surface area contributed by atoms with Crippen molar-refractivity contribution in [3.8, 4) is 11.4 Å². The second-order valence-corrected chi connectivity index (χ2v) is 8.53. The molecule has 0 spiro atoms. The minimum atomic E-state index is -0.541. The highest BCUT2D eigenvalue weighted by atomic mass is 16.5. The molecule has 0 saturated heterocycles. The van der Waals surface area contributed by atoms with E-state index < -0.39 is 5.97 Å². The number of aldehydes is 1. The lowest BCUT2D eigenvalue weighted by molar-refractivity contribution is -0.109. The van der Waals surface area contributed by atoms with E-state index in [1.54, 1.807) is 43.2 Å². The monoisotopic (exact) mass is 459 g/mol. The molecular formula is C26H25N3O5. The Bertz CT molecular complexity index is 1260. The van der Waals surface area contributed by atoms with E-state index in [-0.39, 0.29) is 23.6 Å². The summed E-state index contributed by atoms with van der Waals surface area (Å²) in [4.78, 5) is 39.5. The zero-order valence-electron chi connectivity index (χ0n) is 19.1. The van der Waals surface area contributed by atoms with Crippen LogP contribution in [0.25, 0.3) is 5.69 Å². The summed E-state index contributed by atoms with van der Waals surface area (Å²) in [6.45, 7) is 2.36. The maximum absolute atomic E-state index is 13.7. The van der Waals surface area contributed by atoms with Gasteiger partial charge in [0, 0.05) is 17.8 Å². The molecule has 0 radical (unpaired) electrons. The second-order valence-electron chi connectivity index (χ2n) is 8.53. The third-order valence-electron chi connectivity index (χ3n) is 6.57. The number of anilines is 1. The Morgan fingerprint density at radius 1 is 1.09 bits per heavy atom. The number of methoxy groups -OCH3 is 1. The van der Waals surface area contributed by atoms with E-state index in [2.05, 4.69) is 5.10 Å². The smallest absolute Gasteiger partial charge is 0.359 e. The molecule has 0 unspecified atom stereocenters. The van der Waals surface area contributed by atoms with Crippen LogP contribution in [-0.2, 0) is 21.4 Å². The Morgan fingerprint density at radius 3 is 2.35 bits per heavy atom. The summed E-state index contributed by atoms with van der Waals surface area (Å²) in [5, 5.41) is 4.50. The number of esters is 1. The summed E-state index contributed by atoms with van der Waals surface area (Å²) in [6, 6.07) is 14.7. The molecule has 34 heavy (non-hydrogen) atoms. The van der Waals surface area contributed by atoms with Crippen LogP contribution in [0.3, 0.4) is 0 Å². The Hall–Kier alpha value is -3.94. The van der Waals surface area contributed by atoms with E-state index in [1.807, 2.05) is 24.3 Å². The molecule has 1 aliphatic carbocycles. The first-order valence-electron chi connectivity index (χ1n) is 11.3. The molecule has 1 aromatic heterocycles. The fourth-order valence-corrected chi connectivity index (χ4v) is 4.46. The van der Waals surface area contributed by atoms with E-state index >= 15 is 0 Å². The Balaban J connectivity index is 1.54. The van der Waals surface area contributed by atoms with Crippen molar-refractivity contribution in [2.75, 3.05) is 25.2 Å². The van der Waals surface area contributed by atoms with Crippen molar-refractivity contribution in [3.05, 3.63) is 71.0 Å². The lowest BCUT2D eigenvalue weighted by Crippen LogP contribution is -2.39. The lowest BCUT2D eigenvalue weighted by Gasteiger charge is -2.28. The molecule has 2 heterocycles. The van der Waals surface area contributed by atoms with Gasteiger partial charge in [-0.25, -0.2) is 9.48 Å². The topological polar surface area (TPSA) is 90.7 Å². The molecule has 2 aliphatic rings. The molecule has 1 aliphatic heterocycles. The van der Waals surface area contributed by atoms with E-state index in [4.69, 9.17) is 9.47 Å². The number of nitrogens with zero attached hydrogens (tertiary/aromatic N) is 3. The number of rotatable bonds is 7. The first kappa shape index (κ1) is 21.9. The van der Waals surface area contributed by atoms with Gasteiger partial charge in [0.15, 0.2) is 5.69 Å². The third kappa shape index (κ3) is 3.55. The molecule has 0 atom stereocenters. The Kier molecular flexibility index (Phi) is 5.43. The number of fused-ring (bicyclic) bond motifs is 1. The Morgan fingerprint density at radius 2 is 1.76 bits per heavy atom. The highest BCUT2D eigenvalue weighted by Crippen LogP contribution is 2.46. The number of hydrogen-bond donors (Lipinski definition) is 0. The Labute approximate surface area is 197 Å². The fraction of sp³-hybridized carbons (Fsp3) is 0.308. The molecular weight excluding hydrogens is 434 g/mol. The van der Waals surface area contributed by atoms with Gasteiger partial charge in [-0.05, 0) is 68.1 Å². The first-order chi connectivity index (χ1) is 16.5. The van der Waals surface area contributed by atoms with Gasteiger partial charge in [0.25, 0.3) is 5.91 Å². The van der Waals surface area contributed by atoms with Gasteiger partial charge >= 0.3 is 5.97 Å². The van der Waals surface area contributed by atoms with Crippen molar-refractivity contribution in [1.29, 1.82) is 0 Å². The fourth-order valence-electron chi connectivity index (χ4n) is 4.46. The summed E-state index contributed by atoms with van der Waals surface area (Å²) in [5.74, 6) is -0.114. The largest absolute Gasteiger partial charge is 0.497 e. The van der Waals surface area contributed by atoms with Crippen LogP contribution in [0.15, 0.2) is 48.5 Å². The minimum absolute atomic E-state index is 0.165. The van der Waals surface area contributed by atoms with Crippen molar-refractivity contribution in [1.82, 2.24) is 9.78 Å². The summed E-state index contributed by atoms with van der Waals surface area (Å²) >= 11 is 0. The molecule has 0 N–H and O–H groups in total. The minimum Gasteiger partial charge on any atom is -0.497 e. The normalized spacial score (nSPS) is 16.1. The van der Waals surface area contributed by atoms with Crippen LogP contribution in [0.5, 0.6) is 5.75 Å². The van der Waals surface area contributed by atoms with Gasteiger partial charge in [-0.3, -0.25) is 4.79 Å². The van der Waals surface area contributed by atoms with Gasteiger partial charge < -0.3 is 19.2 Å². The van der Waals surface area contributed by atoms with Crippen LogP contribution < -0.4 is 9.64 Å². The van der Waals surface area contributed by atoms with E-state index in [0.717, 1.165) is 30.4 Å². The predicted molar refractivity (Wildman–Crippen MR) is 125 cm³/mol. The second kappa shape index (κ2) is 8.44. The van der Waals surface area contributed by atoms with E-state index in [1.165, 1.54) is 4.68 Å². The maximum atomic E-state index is 13.7. The van der Waals surface area contributed by atoms with Crippen LogP contribution in [0, 0.1) is 0 Å². The van der Waals surface area contributed by atoms with Gasteiger partial charge in [-0.2, -0.15) is 5.10 Å². The van der Waals surface area contributed by atoms with Gasteiger partial charge in [-0.1, -0.05) is 12.1 Å². The maximum Gasteiger partial charge on any atom is 0.359 e. The SMILES string of the molecule is CCOC(=O)c1nn(-c2ccc(OC)cc2)c2c1CCN(c1ccc(C3(C=O)CC3)cc1)C2=O. The number of carbonyl (C=O) groups is 3. The molecule has 8 nitrogen and oxygen atoms in total. The molecule has 3 aromatic rings. The molecule has 1 amide bonds. The third-order valence-corrected chi connectivity index (χ3v) is 6.57.